The summed E-state index contributed by atoms with van der Waals surface area (Å²) in [6, 6.07) is 9.36. The molecule has 0 saturated heterocycles. The van der Waals surface area contributed by atoms with Gasteiger partial charge in [0.2, 0.25) is 0 Å². The molecule has 2 aromatic rings. The SMILES string of the molecule is Cc1ccc(C(C)Nc2c(N)cccc2C(N)=O)s1. The molecule has 5 N–H and O–H groups in total. The minimum absolute atomic E-state index is 0.0708. The molecular weight excluding hydrogens is 258 g/mol. The highest BCUT2D eigenvalue weighted by Crippen LogP contribution is 2.30. The number of nitrogen functional groups attached to an aromatic ring is 1. The quantitative estimate of drug-likeness (QED) is 0.750. The van der Waals surface area contributed by atoms with Crippen molar-refractivity contribution >= 4 is 28.6 Å². The van der Waals surface area contributed by atoms with E-state index in [1.165, 1.54) is 9.75 Å². The van der Waals surface area contributed by atoms with Gasteiger partial charge >= 0.3 is 0 Å². The molecule has 0 radical (unpaired) electrons. The summed E-state index contributed by atoms with van der Waals surface area (Å²) in [5, 5.41) is 3.27. The van der Waals surface area contributed by atoms with Gasteiger partial charge in [-0.1, -0.05) is 6.07 Å². The van der Waals surface area contributed by atoms with Crippen LogP contribution < -0.4 is 16.8 Å². The Labute approximate surface area is 116 Å². The number of aryl methyl sites for hydroxylation is 1. The van der Waals surface area contributed by atoms with Crippen molar-refractivity contribution in [2.45, 2.75) is 19.9 Å². The summed E-state index contributed by atoms with van der Waals surface area (Å²) in [7, 11) is 0. The topological polar surface area (TPSA) is 81.1 Å². The molecule has 0 aliphatic heterocycles. The summed E-state index contributed by atoms with van der Waals surface area (Å²) in [5.74, 6) is -0.482. The van der Waals surface area contributed by atoms with Gasteiger partial charge in [0.05, 0.1) is 23.0 Å². The Morgan fingerprint density at radius 2 is 2.05 bits per heavy atom. The second-order valence-corrected chi connectivity index (χ2v) is 5.77. The zero-order valence-electron chi connectivity index (χ0n) is 10.9. The van der Waals surface area contributed by atoms with Crippen LogP contribution >= 0.6 is 11.3 Å². The zero-order chi connectivity index (χ0) is 14.0. The molecule has 2 rings (SSSR count). The summed E-state index contributed by atoms with van der Waals surface area (Å²) >= 11 is 1.72. The van der Waals surface area contributed by atoms with Crippen LogP contribution in [0.5, 0.6) is 0 Å². The fourth-order valence-electron chi connectivity index (χ4n) is 1.91. The number of nitrogens with two attached hydrogens (primary N) is 2. The van der Waals surface area contributed by atoms with E-state index < -0.39 is 5.91 Å². The van der Waals surface area contributed by atoms with Crippen LogP contribution in [0.2, 0.25) is 0 Å². The van der Waals surface area contributed by atoms with Crippen molar-refractivity contribution in [2.24, 2.45) is 5.73 Å². The van der Waals surface area contributed by atoms with Gasteiger partial charge in [-0.05, 0) is 38.1 Å². The van der Waals surface area contributed by atoms with Crippen LogP contribution in [0, 0.1) is 6.92 Å². The third kappa shape index (κ3) is 2.88. The Morgan fingerprint density at radius 3 is 2.63 bits per heavy atom. The highest BCUT2D eigenvalue weighted by molar-refractivity contribution is 7.12. The standard InChI is InChI=1S/C14H17N3OS/c1-8-6-7-12(19-8)9(2)17-13-10(14(16)18)4-3-5-11(13)15/h3-7,9,17H,15H2,1-2H3,(H2,16,18). The minimum atomic E-state index is -0.482. The number of hydrogen-bond donors (Lipinski definition) is 3. The van der Waals surface area contributed by atoms with Gasteiger partial charge in [0.1, 0.15) is 0 Å². The number of carbonyl (C=O) groups excluding carboxylic acids is 1. The summed E-state index contributed by atoms with van der Waals surface area (Å²) < 4.78 is 0. The lowest BCUT2D eigenvalue weighted by Crippen LogP contribution is -2.17. The number of benzene rings is 1. The molecule has 1 amide bonds. The number of amides is 1. The largest absolute Gasteiger partial charge is 0.397 e. The molecule has 1 aromatic carbocycles. The monoisotopic (exact) mass is 275 g/mol. The Hall–Kier alpha value is -2.01. The van der Waals surface area contributed by atoms with E-state index in [2.05, 4.69) is 24.4 Å². The highest BCUT2D eigenvalue weighted by atomic mass is 32.1. The second-order valence-electron chi connectivity index (χ2n) is 4.45. The van der Waals surface area contributed by atoms with Gasteiger partial charge in [-0.3, -0.25) is 4.79 Å². The first-order valence-corrected chi connectivity index (χ1v) is 6.82. The summed E-state index contributed by atoms with van der Waals surface area (Å²) in [4.78, 5) is 13.9. The van der Waals surface area contributed by atoms with Crippen LogP contribution in [0.4, 0.5) is 11.4 Å². The number of carbonyl (C=O) groups is 1. The highest BCUT2D eigenvalue weighted by Gasteiger charge is 2.15. The van der Waals surface area contributed by atoms with Crippen LogP contribution in [-0.4, -0.2) is 5.91 Å². The first kappa shape index (κ1) is 13.4. The third-order valence-electron chi connectivity index (χ3n) is 2.91. The van der Waals surface area contributed by atoms with Crippen molar-refractivity contribution < 1.29 is 4.79 Å². The summed E-state index contributed by atoms with van der Waals surface area (Å²) in [6.07, 6.45) is 0. The lowest BCUT2D eigenvalue weighted by molar-refractivity contribution is 0.100. The molecular formula is C14H17N3OS. The van der Waals surface area contributed by atoms with Gasteiger partial charge < -0.3 is 16.8 Å². The van der Waals surface area contributed by atoms with Crippen LogP contribution in [0.25, 0.3) is 0 Å². The van der Waals surface area contributed by atoms with Crippen molar-refractivity contribution in [3.05, 3.63) is 45.6 Å². The third-order valence-corrected chi connectivity index (χ3v) is 4.09. The minimum Gasteiger partial charge on any atom is -0.397 e. The fraction of sp³-hybridized carbons (Fsp3) is 0.214. The molecule has 1 unspecified atom stereocenters. The van der Waals surface area contributed by atoms with Gasteiger partial charge in [-0.15, -0.1) is 11.3 Å². The Kier molecular flexibility index (Phi) is 3.76. The lowest BCUT2D eigenvalue weighted by Gasteiger charge is -2.17. The van der Waals surface area contributed by atoms with Crippen molar-refractivity contribution in [1.82, 2.24) is 0 Å². The number of para-hydroxylation sites is 1. The molecule has 1 heterocycles. The molecule has 0 bridgehead atoms. The van der Waals surface area contributed by atoms with Crippen molar-refractivity contribution in [2.75, 3.05) is 11.1 Å². The maximum Gasteiger partial charge on any atom is 0.250 e. The summed E-state index contributed by atoms with van der Waals surface area (Å²) in [6.45, 7) is 4.09. The van der Waals surface area contributed by atoms with Crippen molar-refractivity contribution in [1.29, 1.82) is 0 Å². The number of primary amides is 1. The van der Waals surface area contributed by atoms with Gasteiger partial charge in [0.15, 0.2) is 0 Å². The number of hydrogen-bond acceptors (Lipinski definition) is 4. The number of nitrogens with one attached hydrogen (secondary N) is 1. The van der Waals surface area contributed by atoms with Gasteiger partial charge in [-0.25, -0.2) is 0 Å². The van der Waals surface area contributed by atoms with Crippen LogP contribution in [-0.2, 0) is 0 Å². The lowest BCUT2D eigenvalue weighted by atomic mass is 10.1. The maximum absolute atomic E-state index is 11.4. The van der Waals surface area contributed by atoms with Crippen LogP contribution in [0.1, 0.15) is 33.1 Å². The average Bonchev–Trinajstić information content (AvgIpc) is 2.78. The number of thiophene rings is 1. The van der Waals surface area contributed by atoms with E-state index in [1.54, 1.807) is 29.5 Å². The predicted octanol–water partition coefficient (Wildman–Crippen LogP) is 2.91. The van der Waals surface area contributed by atoms with E-state index in [1.807, 2.05) is 6.92 Å². The first-order chi connectivity index (χ1) is 8.99. The second kappa shape index (κ2) is 5.32. The first-order valence-electron chi connectivity index (χ1n) is 6.00. The zero-order valence-corrected chi connectivity index (χ0v) is 11.8. The number of rotatable bonds is 4. The summed E-state index contributed by atoms with van der Waals surface area (Å²) in [5.41, 5.74) is 12.8. The molecule has 0 saturated carbocycles. The van der Waals surface area contributed by atoms with Gasteiger partial charge in [0.25, 0.3) is 5.91 Å². The van der Waals surface area contributed by atoms with Crippen LogP contribution in [0.15, 0.2) is 30.3 Å². The molecule has 0 aliphatic carbocycles. The van der Waals surface area contributed by atoms with E-state index in [4.69, 9.17) is 11.5 Å². The predicted molar refractivity (Wildman–Crippen MR) is 80.5 cm³/mol. The van der Waals surface area contributed by atoms with E-state index in [-0.39, 0.29) is 6.04 Å². The Balaban J connectivity index is 2.30. The molecule has 1 atom stereocenters. The average molecular weight is 275 g/mol. The van der Waals surface area contributed by atoms with Crippen LogP contribution in [0.3, 0.4) is 0 Å². The Morgan fingerprint density at radius 1 is 1.32 bits per heavy atom. The smallest absolute Gasteiger partial charge is 0.250 e. The van der Waals surface area contributed by atoms with E-state index in [0.29, 0.717) is 16.9 Å². The Bertz CT molecular complexity index is 606. The fourth-order valence-corrected chi connectivity index (χ4v) is 2.79. The molecule has 19 heavy (non-hydrogen) atoms. The molecule has 0 aliphatic rings. The van der Waals surface area contributed by atoms with E-state index in [0.717, 1.165) is 0 Å². The van der Waals surface area contributed by atoms with E-state index >= 15 is 0 Å². The molecule has 1 aromatic heterocycles. The molecule has 5 heteroatoms. The molecule has 4 nitrogen and oxygen atoms in total. The van der Waals surface area contributed by atoms with Crippen molar-refractivity contribution in [3.63, 3.8) is 0 Å². The molecule has 100 valence electrons. The normalized spacial score (nSPS) is 12.1. The maximum atomic E-state index is 11.4. The van der Waals surface area contributed by atoms with Gasteiger partial charge in [-0.2, -0.15) is 0 Å². The molecule has 0 fully saturated rings. The van der Waals surface area contributed by atoms with Crippen molar-refractivity contribution in [3.8, 4) is 0 Å². The van der Waals surface area contributed by atoms with Gasteiger partial charge in [0, 0.05) is 9.75 Å². The molecule has 0 spiro atoms. The number of anilines is 2. The van der Waals surface area contributed by atoms with E-state index in [9.17, 15) is 4.79 Å².